The molecule has 0 bridgehead atoms. The first-order valence-corrected chi connectivity index (χ1v) is 5.30. The molecule has 1 rings (SSSR count). The summed E-state index contributed by atoms with van der Waals surface area (Å²) in [7, 11) is 0. The molecule has 0 aliphatic heterocycles. The van der Waals surface area contributed by atoms with E-state index in [9.17, 15) is 4.79 Å². The Morgan fingerprint density at radius 1 is 1.64 bits per heavy atom. The van der Waals surface area contributed by atoms with E-state index in [1.54, 1.807) is 12.3 Å². The van der Waals surface area contributed by atoms with Crippen LogP contribution in [0, 0.1) is 0 Å². The summed E-state index contributed by atoms with van der Waals surface area (Å²) in [5, 5.41) is 8.13. The molecule has 3 nitrogen and oxygen atoms in total. The summed E-state index contributed by atoms with van der Waals surface area (Å²) < 4.78 is 0.878. The van der Waals surface area contributed by atoms with Gasteiger partial charge in [0.25, 0.3) is 0 Å². The Morgan fingerprint density at radius 2 is 2.36 bits per heavy atom. The zero-order valence-corrected chi connectivity index (χ0v) is 9.62. The van der Waals surface area contributed by atoms with Crippen molar-refractivity contribution >= 4 is 33.5 Å². The van der Waals surface area contributed by atoms with Gasteiger partial charge in [-0.3, -0.25) is 9.78 Å². The van der Waals surface area contributed by atoms with Gasteiger partial charge in [0.15, 0.2) is 0 Å². The van der Waals surface area contributed by atoms with Gasteiger partial charge in [-0.1, -0.05) is 0 Å². The van der Waals surface area contributed by atoms with Crippen LogP contribution < -0.4 is 0 Å². The lowest BCUT2D eigenvalue weighted by atomic mass is 10.2. The summed E-state index contributed by atoms with van der Waals surface area (Å²) >= 11 is 9.22. The van der Waals surface area contributed by atoms with Gasteiger partial charge in [0.1, 0.15) is 0 Å². The predicted octanol–water partition coefficient (Wildman–Crippen LogP) is 2.99. The summed E-state index contributed by atoms with van der Waals surface area (Å²) in [5.41, 5.74) is 0.705. The van der Waals surface area contributed by atoms with Crippen molar-refractivity contribution in [3.05, 3.63) is 28.5 Å². The number of pyridine rings is 1. The molecular formula is C9H9BrClNO2. The van der Waals surface area contributed by atoms with E-state index in [-0.39, 0.29) is 11.8 Å². The third-order valence-electron chi connectivity index (χ3n) is 1.68. The van der Waals surface area contributed by atoms with Gasteiger partial charge in [-0.25, -0.2) is 0 Å². The molecule has 1 aromatic rings. The molecule has 0 aromatic carbocycles. The number of halogens is 2. The average molecular weight is 279 g/mol. The molecule has 76 valence electrons. The highest BCUT2D eigenvalue weighted by atomic mass is 79.9. The van der Waals surface area contributed by atoms with Crippen molar-refractivity contribution in [1.82, 2.24) is 4.98 Å². The van der Waals surface area contributed by atoms with Crippen LogP contribution in [0.5, 0.6) is 0 Å². The molecule has 0 spiro atoms. The Bertz CT molecular complexity index is 315. The first-order valence-electron chi connectivity index (χ1n) is 4.07. The smallest absolute Gasteiger partial charge is 0.303 e. The fourth-order valence-corrected chi connectivity index (χ4v) is 1.44. The second kappa shape index (κ2) is 5.32. The standard InChI is InChI=1S/C9H9BrClNO2/c10-6-1-3-8(12-5-6)7(11)2-4-9(13)14/h1,3,5,7H,2,4H2,(H,13,14). The van der Waals surface area contributed by atoms with Crippen molar-refractivity contribution < 1.29 is 9.90 Å². The topological polar surface area (TPSA) is 50.2 Å². The fourth-order valence-electron chi connectivity index (χ4n) is 0.971. The van der Waals surface area contributed by atoms with E-state index < -0.39 is 5.97 Å². The van der Waals surface area contributed by atoms with E-state index in [1.807, 2.05) is 6.07 Å². The largest absolute Gasteiger partial charge is 0.481 e. The molecule has 1 N–H and O–H groups in total. The number of aliphatic carboxylic acids is 1. The van der Waals surface area contributed by atoms with E-state index in [2.05, 4.69) is 20.9 Å². The molecule has 1 unspecified atom stereocenters. The lowest BCUT2D eigenvalue weighted by Crippen LogP contribution is -1.99. The van der Waals surface area contributed by atoms with Gasteiger partial charge in [0.2, 0.25) is 0 Å². The zero-order valence-electron chi connectivity index (χ0n) is 7.28. The van der Waals surface area contributed by atoms with Crippen LogP contribution in [0.2, 0.25) is 0 Å². The van der Waals surface area contributed by atoms with E-state index >= 15 is 0 Å². The quantitative estimate of drug-likeness (QED) is 0.861. The normalized spacial score (nSPS) is 12.4. The summed E-state index contributed by atoms with van der Waals surface area (Å²) in [4.78, 5) is 14.4. The highest BCUT2D eigenvalue weighted by molar-refractivity contribution is 9.10. The monoisotopic (exact) mass is 277 g/mol. The van der Waals surface area contributed by atoms with Crippen LogP contribution in [-0.2, 0) is 4.79 Å². The van der Waals surface area contributed by atoms with Crippen LogP contribution in [0.3, 0.4) is 0 Å². The second-order valence-corrected chi connectivity index (χ2v) is 4.24. The van der Waals surface area contributed by atoms with E-state index in [4.69, 9.17) is 16.7 Å². The molecular weight excluding hydrogens is 269 g/mol. The first kappa shape index (κ1) is 11.5. The van der Waals surface area contributed by atoms with Crippen LogP contribution in [0.1, 0.15) is 23.9 Å². The number of alkyl halides is 1. The van der Waals surface area contributed by atoms with Crippen LogP contribution in [0.25, 0.3) is 0 Å². The first-order chi connectivity index (χ1) is 6.59. The maximum absolute atomic E-state index is 10.3. The molecule has 0 aliphatic rings. The minimum atomic E-state index is -0.840. The number of carboxylic acid groups (broad SMARTS) is 1. The lowest BCUT2D eigenvalue weighted by molar-refractivity contribution is -0.137. The molecule has 0 saturated heterocycles. The van der Waals surface area contributed by atoms with Crippen molar-refractivity contribution in [1.29, 1.82) is 0 Å². The highest BCUT2D eigenvalue weighted by Crippen LogP contribution is 2.24. The van der Waals surface area contributed by atoms with Crippen LogP contribution >= 0.6 is 27.5 Å². The Hall–Kier alpha value is -0.610. The van der Waals surface area contributed by atoms with Gasteiger partial charge in [-0.15, -0.1) is 11.6 Å². The molecule has 14 heavy (non-hydrogen) atoms. The maximum atomic E-state index is 10.3. The van der Waals surface area contributed by atoms with Crippen LogP contribution in [0.15, 0.2) is 22.8 Å². The van der Waals surface area contributed by atoms with Gasteiger partial charge in [0.05, 0.1) is 11.1 Å². The Balaban J connectivity index is 2.56. The molecule has 1 atom stereocenters. The van der Waals surface area contributed by atoms with Crippen molar-refractivity contribution in [3.8, 4) is 0 Å². The van der Waals surface area contributed by atoms with E-state index in [0.717, 1.165) is 4.47 Å². The Labute approximate surface area is 95.2 Å². The minimum absolute atomic E-state index is 0.0614. The van der Waals surface area contributed by atoms with Gasteiger partial charge in [-0.05, 0) is 34.5 Å². The summed E-state index contributed by atoms with van der Waals surface area (Å²) in [6.45, 7) is 0. The average Bonchev–Trinajstić information content (AvgIpc) is 2.15. The number of carbonyl (C=O) groups is 1. The number of nitrogens with zero attached hydrogens (tertiary/aromatic N) is 1. The number of carboxylic acids is 1. The van der Waals surface area contributed by atoms with Crippen LogP contribution in [0.4, 0.5) is 0 Å². The van der Waals surface area contributed by atoms with E-state index in [1.165, 1.54) is 0 Å². The van der Waals surface area contributed by atoms with Gasteiger partial charge in [0, 0.05) is 17.1 Å². The lowest BCUT2D eigenvalue weighted by Gasteiger charge is -2.06. The van der Waals surface area contributed by atoms with Gasteiger partial charge >= 0.3 is 5.97 Å². The van der Waals surface area contributed by atoms with E-state index in [0.29, 0.717) is 12.1 Å². The number of hydrogen-bond acceptors (Lipinski definition) is 2. The van der Waals surface area contributed by atoms with Crippen LogP contribution in [-0.4, -0.2) is 16.1 Å². The molecule has 1 heterocycles. The summed E-state index contributed by atoms with van der Waals surface area (Å²) in [6, 6.07) is 3.61. The Morgan fingerprint density at radius 3 is 2.86 bits per heavy atom. The maximum Gasteiger partial charge on any atom is 0.303 e. The van der Waals surface area contributed by atoms with Crippen molar-refractivity contribution in [2.75, 3.05) is 0 Å². The summed E-state index contributed by atoms with van der Waals surface area (Å²) in [6.07, 6.45) is 2.10. The number of rotatable bonds is 4. The third-order valence-corrected chi connectivity index (χ3v) is 2.59. The SMILES string of the molecule is O=C(O)CCC(Cl)c1ccc(Br)cn1. The van der Waals surface area contributed by atoms with Crippen molar-refractivity contribution in [2.45, 2.75) is 18.2 Å². The highest BCUT2D eigenvalue weighted by Gasteiger charge is 2.10. The molecule has 5 heteroatoms. The minimum Gasteiger partial charge on any atom is -0.481 e. The number of hydrogen-bond donors (Lipinski definition) is 1. The molecule has 0 aliphatic carbocycles. The molecule has 1 aromatic heterocycles. The third kappa shape index (κ3) is 3.64. The molecule has 0 fully saturated rings. The fraction of sp³-hybridized carbons (Fsp3) is 0.333. The zero-order chi connectivity index (χ0) is 10.6. The summed E-state index contributed by atoms with van der Waals surface area (Å²) in [5.74, 6) is -0.840. The van der Waals surface area contributed by atoms with Crippen molar-refractivity contribution in [2.24, 2.45) is 0 Å². The van der Waals surface area contributed by atoms with Gasteiger partial charge in [-0.2, -0.15) is 0 Å². The molecule has 0 radical (unpaired) electrons. The van der Waals surface area contributed by atoms with Gasteiger partial charge < -0.3 is 5.11 Å². The Kier molecular flexibility index (Phi) is 4.35. The van der Waals surface area contributed by atoms with Crippen molar-refractivity contribution in [3.63, 3.8) is 0 Å². The predicted molar refractivity (Wildman–Crippen MR) is 57.4 cm³/mol. The number of aromatic nitrogens is 1. The molecule has 0 saturated carbocycles. The second-order valence-electron chi connectivity index (χ2n) is 2.80. The molecule has 0 amide bonds.